The molecular formula is C9H18O. The number of ether oxygens (including phenoxy) is 1. The predicted octanol–water partition coefficient (Wildman–Crippen LogP) is 2.62. The fraction of sp³-hybridized carbons (Fsp3) is 0.778. The van der Waals surface area contributed by atoms with Gasteiger partial charge in [-0.05, 0) is 18.8 Å². The summed E-state index contributed by atoms with van der Waals surface area (Å²) in [5, 5.41) is 0. The van der Waals surface area contributed by atoms with Crippen LogP contribution in [0.5, 0.6) is 0 Å². The molecule has 0 aromatic rings. The minimum absolute atomic E-state index is 0.401. The van der Waals surface area contributed by atoms with E-state index >= 15 is 0 Å². The number of hydrogen-bond donors (Lipinski definition) is 0. The first-order valence-electron chi connectivity index (χ1n) is 3.86. The monoisotopic (exact) mass is 142 g/mol. The Bertz CT molecular complexity index is 86.7. The van der Waals surface area contributed by atoms with Crippen LogP contribution in [0, 0.1) is 5.92 Å². The van der Waals surface area contributed by atoms with Crippen LogP contribution in [-0.2, 0) is 4.74 Å². The summed E-state index contributed by atoms with van der Waals surface area (Å²) < 4.78 is 5.27. The molecule has 1 nitrogen and oxygen atoms in total. The van der Waals surface area contributed by atoms with Crippen molar-refractivity contribution in [2.45, 2.75) is 32.8 Å². The Hall–Kier alpha value is -0.300. The Labute approximate surface area is 64.1 Å². The fourth-order valence-corrected chi connectivity index (χ4v) is 1.01. The molecule has 0 amide bonds. The van der Waals surface area contributed by atoms with Crippen LogP contribution in [0.3, 0.4) is 0 Å². The van der Waals surface area contributed by atoms with Crippen molar-refractivity contribution in [2.75, 3.05) is 7.11 Å². The lowest BCUT2D eigenvalue weighted by Crippen LogP contribution is -2.17. The third-order valence-electron chi connectivity index (χ3n) is 1.70. The molecule has 1 atom stereocenters. The van der Waals surface area contributed by atoms with Crippen molar-refractivity contribution in [1.29, 1.82) is 0 Å². The molecule has 0 saturated carbocycles. The minimum Gasteiger partial charge on any atom is -0.381 e. The third-order valence-corrected chi connectivity index (χ3v) is 1.70. The second-order valence-electron chi connectivity index (χ2n) is 2.88. The summed E-state index contributed by atoms with van der Waals surface area (Å²) in [7, 11) is 1.77. The van der Waals surface area contributed by atoms with Crippen LogP contribution < -0.4 is 0 Å². The van der Waals surface area contributed by atoms with E-state index < -0.39 is 0 Å². The van der Waals surface area contributed by atoms with E-state index in [0.29, 0.717) is 12.0 Å². The Morgan fingerprint density at radius 3 is 2.40 bits per heavy atom. The molecule has 0 rings (SSSR count). The zero-order chi connectivity index (χ0) is 7.98. The van der Waals surface area contributed by atoms with E-state index in [-0.39, 0.29) is 0 Å². The van der Waals surface area contributed by atoms with Crippen molar-refractivity contribution in [3.05, 3.63) is 12.7 Å². The average molecular weight is 142 g/mol. The first kappa shape index (κ1) is 9.70. The lowest BCUT2D eigenvalue weighted by atomic mass is 10.0. The Morgan fingerprint density at radius 2 is 2.10 bits per heavy atom. The van der Waals surface area contributed by atoms with E-state index in [1.54, 1.807) is 7.11 Å². The Morgan fingerprint density at radius 1 is 1.50 bits per heavy atom. The minimum atomic E-state index is 0.401. The maximum atomic E-state index is 5.27. The highest BCUT2D eigenvalue weighted by atomic mass is 16.5. The van der Waals surface area contributed by atoms with Gasteiger partial charge in [0.25, 0.3) is 0 Å². The van der Waals surface area contributed by atoms with E-state index in [0.717, 1.165) is 12.8 Å². The summed E-state index contributed by atoms with van der Waals surface area (Å²) >= 11 is 0. The molecule has 0 aromatic carbocycles. The van der Waals surface area contributed by atoms with Crippen LogP contribution >= 0.6 is 0 Å². The molecule has 0 aliphatic carbocycles. The summed E-state index contributed by atoms with van der Waals surface area (Å²) in [6, 6.07) is 0. The summed E-state index contributed by atoms with van der Waals surface area (Å²) in [6.45, 7) is 8.03. The molecule has 0 spiro atoms. The van der Waals surface area contributed by atoms with Gasteiger partial charge in [0.05, 0.1) is 6.10 Å². The van der Waals surface area contributed by atoms with Gasteiger partial charge in [-0.15, -0.1) is 6.58 Å². The molecule has 1 heteroatoms. The first-order chi connectivity index (χ1) is 4.72. The molecule has 0 aromatic heterocycles. The second kappa shape index (κ2) is 5.48. The van der Waals surface area contributed by atoms with E-state index in [1.165, 1.54) is 0 Å². The summed E-state index contributed by atoms with van der Waals surface area (Å²) in [4.78, 5) is 0. The molecule has 0 aliphatic rings. The van der Waals surface area contributed by atoms with Crippen LogP contribution in [0.2, 0.25) is 0 Å². The topological polar surface area (TPSA) is 9.23 Å². The maximum absolute atomic E-state index is 5.27. The zero-order valence-corrected chi connectivity index (χ0v) is 7.26. The molecule has 0 radical (unpaired) electrons. The second-order valence-corrected chi connectivity index (χ2v) is 2.88. The van der Waals surface area contributed by atoms with Crippen LogP contribution in [0.25, 0.3) is 0 Å². The molecule has 0 bridgehead atoms. The lowest BCUT2D eigenvalue weighted by molar-refractivity contribution is 0.0590. The molecule has 1 unspecified atom stereocenters. The Balaban J connectivity index is 3.49. The normalized spacial score (nSPS) is 13.6. The summed E-state index contributed by atoms with van der Waals surface area (Å²) in [5.41, 5.74) is 0. The largest absolute Gasteiger partial charge is 0.381 e. The number of rotatable bonds is 5. The molecule has 60 valence electrons. The van der Waals surface area contributed by atoms with Gasteiger partial charge >= 0.3 is 0 Å². The van der Waals surface area contributed by atoms with Gasteiger partial charge in [-0.2, -0.15) is 0 Å². The molecule has 10 heavy (non-hydrogen) atoms. The third kappa shape index (κ3) is 3.67. The molecule has 0 fully saturated rings. The molecular weight excluding hydrogens is 124 g/mol. The van der Waals surface area contributed by atoms with Gasteiger partial charge in [0.2, 0.25) is 0 Å². The van der Waals surface area contributed by atoms with Gasteiger partial charge in [-0.1, -0.05) is 19.9 Å². The standard InChI is InChI=1S/C9H18O/c1-5-6-7-9(10-4)8(2)3/h5,8-9H,1,6-7H2,2-4H3. The smallest absolute Gasteiger partial charge is 0.0597 e. The van der Waals surface area contributed by atoms with Gasteiger partial charge in [0, 0.05) is 7.11 Å². The summed E-state index contributed by atoms with van der Waals surface area (Å²) in [6.07, 6.45) is 4.49. The fourth-order valence-electron chi connectivity index (χ4n) is 1.01. The molecule has 0 saturated heterocycles. The summed E-state index contributed by atoms with van der Waals surface area (Å²) in [5.74, 6) is 0.616. The van der Waals surface area contributed by atoms with E-state index in [4.69, 9.17) is 4.74 Å². The van der Waals surface area contributed by atoms with Crippen molar-refractivity contribution in [2.24, 2.45) is 5.92 Å². The quantitative estimate of drug-likeness (QED) is 0.536. The zero-order valence-electron chi connectivity index (χ0n) is 7.26. The van der Waals surface area contributed by atoms with E-state index in [1.807, 2.05) is 6.08 Å². The predicted molar refractivity (Wildman–Crippen MR) is 45.1 cm³/mol. The molecule has 0 heterocycles. The maximum Gasteiger partial charge on any atom is 0.0597 e. The van der Waals surface area contributed by atoms with Crippen molar-refractivity contribution in [3.63, 3.8) is 0 Å². The Kier molecular flexibility index (Phi) is 5.32. The first-order valence-corrected chi connectivity index (χ1v) is 3.86. The number of methoxy groups -OCH3 is 1. The average Bonchev–Trinajstić information content (AvgIpc) is 1.89. The van der Waals surface area contributed by atoms with E-state index in [2.05, 4.69) is 20.4 Å². The van der Waals surface area contributed by atoms with Gasteiger partial charge in [-0.3, -0.25) is 0 Å². The number of hydrogen-bond acceptors (Lipinski definition) is 1. The number of allylic oxidation sites excluding steroid dienone is 1. The van der Waals surface area contributed by atoms with Gasteiger partial charge in [0.15, 0.2) is 0 Å². The highest BCUT2D eigenvalue weighted by Gasteiger charge is 2.09. The SMILES string of the molecule is C=CCCC(OC)C(C)C. The highest BCUT2D eigenvalue weighted by Crippen LogP contribution is 2.11. The van der Waals surface area contributed by atoms with Gasteiger partial charge < -0.3 is 4.74 Å². The van der Waals surface area contributed by atoms with Crippen molar-refractivity contribution >= 4 is 0 Å². The molecule has 0 aliphatic heterocycles. The van der Waals surface area contributed by atoms with Gasteiger partial charge in [-0.25, -0.2) is 0 Å². The van der Waals surface area contributed by atoms with Crippen molar-refractivity contribution in [3.8, 4) is 0 Å². The highest BCUT2D eigenvalue weighted by molar-refractivity contribution is 4.71. The van der Waals surface area contributed by atoms with Gasteiger partial charge in [0.1, 0.15) is 0 Å². The molecule has 0 N–H and O–H groups in total. The van der Waals surface area contributed by atoms with E-state index in [9.17, 15) is 0 Å². The lowest BCUT2D eigenvalue weighted by Gasteiger charge is -2.17. The van der Waals surface area contributed by atoms with Crippen molar-refractivity contribution < 1.29 is 4.74 Å². The van der Waals surface area contributed by atoms with Crippen molar-refractivity contribution in [1.82, 2.24) is 0 Å². The van der Waals surface area contributed by atoms with Crippen LogP contribution in [-0.4, -0.2) is 13.2 Å². The van der Waals surface area contributed by atoms with Crippen LogP contribution in [0.1, 0.15) is 26.7 Å². The van der Waals surface area contributed by atoms with Crippen LogP contribution in [0.15, 0.2) is 12.7 Å². The van der Waals surface area contributed by atoms with Crippen LogP contribution in [0.4, 0.5) is 0 Å².